The van der Waals surface area contributed by atoms with Crippen LogP contribution in [-0.4, -0.2) is 49.5 Å². The summed E-state index contributed by atoms with van der Waals surface area (Å²) in [5.41, 5.74) is 0. The van der Waals surface area contributed by atoms with Crippen molar-refractivity contribution in [1.82, 2.24) is 4.90 Å². The van der Waals surface area contributed by atoms with E-state index in [0.717, 1.165) is 4.90 Å². The first-order valence-corrected chi connectivity index (χ1v) is 4.94. The van der Waals surface area contributed by atoms with E-state index in [4.69, 9.17) is 0 Å². The lowest BCUT2D eigenvalue weighted by atomic mass is 10.3. The number of piperazine rings is 1. The molecule has 14 heavy (non-hydrogen) atoms. The van der Waals surface area contributed by atoms with Gasteiger partial charge in [-0.2, -0.15) is 0 Å². The van der Waals surface area contributed by atoms with Crippen molar-refractivity contribution in [3.63, 3.8) is 0 Å². The zero-order valence-corrected chi connectivity index (χ0v) is 8.41. The quantitative estimate of drug-likeness (QED) is 0.524. The maximum Gasteiger partial charge on any atom is 0.222 e. The minimum Gasteiger partial charge on any atom is -0.544 e. The molecule has 0 aromatic rings. The molecule has 5 nitrogen and oxygen atoms in total. The molecule has 0 unspecified atom stereocenters. The summed E-state index contributed by atoms with van der Waals surface area (Å²) in [4.78, 5) is 24.4. The van der Waals surface area contributed by atoms with E-state index in [1.807, 2.05) is 6.92 Å². The Bertz CT molecular complexity index is 222. The van der Waals surface area contributed by atoms with Crippen LogP contribution in [0.1, 0.15) is 13.3 Å². The Balaban J connectivity index is 2.31. The Labute approximate surface area is 83.3 Å². The number of nitrogens with zero attached hydrogens (tertiary/aromatic N) is 1. The molecule has 5 heteroatoms. The van der Waals surface area contributed by atoms with E-state index in [1.165, 1.54) is 0 Å². The van der Waals surface area contributed by atoms with Crippen molar-refractivity contribution in [3.05, 3.63) is 0 Å². The van der Waals surface area contributed by atoms with Gasteiger partial charge in [0.15, 0.2) is 0 Å². The second-order valence-corrected chi connectivity index (χ2v) is 3.53. The topological polar surface area (TPSA) is 64.9 Å². The van der Waals surface area contributed by atoms with E-state index in [1.54, 1.807) is 4.90 Å². The third kappa shape index (κ3) is 2.99. The van der Waals surface area contributed by atoms with Gasteiger partial charge in [0, 0.05) is 6.42 Å². The number of aliphatic carboxylic acids is 1. The molecule has 0 aromatic carbocycles. The van der Waals surface area contributed by atoms with Crippen molar-refractivity contribution in [2.24, 2.45) is 0 Å². The van der Waals surface area contributed by atoms with E-state index < -0.39 is 5.97 Å². The van der Waals surface area contributed by atoms with Crippen molar-refractivity contribution in [2.75, 3.05) is 32.7 Å². The highest BCUT2D eigenvalue weighted by Gasteiger charge is 2.22. The van der Waals surface area contributed by atoms with Crippen LogP contribution >= 0.6 is 0 Å². The van der Waals surface area contributed by atoms with Crippen LogP contribution in [0, 0.1) is 0 Å². The van der Waals surface area contributed by atoms with Gasteiger partial charge in [0.25, 0.3) is 0 Å². The number of carbonyl (C=O) groups is 2. The van der Waals surface area contributed by atoms with Crippen molar-refractivity contribution >= 4 is 11.9 Å². The monoisotopic (exact) mass is 200 g/mol. The van der Waals surface area contributed by atoms with Crippen LogP contribution in [0.5, 0.6) is 0 Å². The molecule has 0 radical (unpaired) electrons. The molecule has 0 saturated carbocycles. The predicted octanol–water partition coefficient (Wildman–Crippen LogP) is -3.13. The molecule has 1 amide bonds. The Kier molecular flexibility index (Phi) is 3.88. The summed E-state index contributed by atoms with van der Waals surface area (Å²) in [6.45, 7) is 4.63. The highest BCUT2D eigenvalue weighted by molar-refractivity contribution is 5.75. The summed E-state index contributed by atoms with van der Waals surface area (Å²) >= 11 is 0. The summed E-state index contributed by atoms with van der Waals surface area (Å²) in [5.74, 6) is -0.868. The number of hydrogen-bond acceptors (Lipinski definition) is 3. The predicted molar refractivity (Wildman–Crippen MR) is 47.4 cm³/mol. The van der Waals surface area contributed by atoms with Crippen molar-refractivity contribution in [2.45, 2.75) is 13.3 Å². The highest BCUT2D eigenvalue weighted by atomic mass is 16.4. The van der Waals surface area contributed by atoms with Gasteiger partial charge >= 0.3 is 0 Å². The third-order valence-corrected chi connectivity index (χ3v) is 2.52. The van der Waals surface area contributed by atoms with E-state index in [2.05, 4.69) is 0 Å². The molecule has 80 valence electrons. The van der Waals surface area contributed by atoms with Gasteiger partial charge in [0.1, 0.15) is 6.54 Å². The summed E-state index contributed by atoms with van der Waals surface area (Å²) in [6.07, 6.45) is 0.524. The lowest BCUT2D eigenvalue weighted by Gasteiger charge is -2.32. The van der Waals surface area contributed by atoms with Gasteiger partial charge in [-0.25, -0.2) is 0 Å². The van der Waals surface area contributed by atoms with Crippen LogP contribution in [0.2, 0.25) is 0 Å². The van der Waals surface area contributed by atoms with Crippen LogP contribution in [-0.2, 0) is 9.59 Å². The molecular weight excluding hydrogens is 184 g/mol. The van der Waals surface area contributed by atoms with Gasteiger partial charge in [0.05, 0.1) is 32.1 Å². The zero-order valence-electron chi connectivity index (χ0n) is 8.41. The van der Waals surface area contributed by atoms with Crippen molar-refractivity contribution in [1.29, 1.82) is 0 Å². The van der Waals surface area contributed by atoms with E-state index in [-0.39, 0.29) is 12.5 Å². The van der Waals surface area contributed by atoms with E-state index in [9.17, 15) is 14.7 Å². The fourth-order valence-corrected chi connectivity index (χ4v) is 1.68. The summed E-state index contributed by atoms with van der Waals surface area (Å²) in [6, 6.07) is 0. The molecule has 0 spiro atoms. The molecule has 1 aliphatic rings. The largest absolute Gasteiger partial charge is 0.544 e. The summed E-state index contributed by atoms with van der Waals surface area (Å²) in [7, 11) is 0. The first kappa shape index (κ1) is 11.0. The van der Waals surface area contributed by atoms with E-state index >= 15 is 0 Å². The van der Waals surface area contributed by atoms with Gasteiger partial charge in [-0.05, 0) is 0 Å². The van der Waals surface area contributed by atoms with Gasteiger partial charge in [-0.15, -0.1) is 0 Å². The van der Waals surface area contributed by atoms with E-state index in [0.29, 0.717) is 32.6 Å². The number of quaternary nitrogens is 1. The van der Waals surface area contributed by atoms with Crippen molar-refractivity contribution in [3.8, 4) is 0 Å². The molecule has 1 rings (SSSR count). The average Bonchev–Trinajstić information content (AvgIpc) is 2.17. The Hall–Kier alpha value is -1.10. The van der Waals surface area contributed by atoms with Crippen LogP contribution in [0.3, 0.4) is 0 Å². The molecule has 0 atom stereocenters. The first-order chi connectivity index (χ1) is 6.63. The SMILES string of the molecule is CCC(=O)N1CC[NH+](CC(=O)[O-])CC1. The maximum atomic E-state index is 11.3. The average molecular weight is 200 g/mol. The number of nitrogens with one attached hydrogen (secondary N) is 1. The molecule has 1 heterocycles. The molecule has 1 aliphatic heterocycles. The normalized spacial score (nSPS) is 18.2. The minimum absolute atomic E-state index is 0.0498. The second-order valence-electron chi connectivity index (χ2n) is 3.53. The van der Waals surface area contributed by atoms with Crippen LogP contribution in [0.25, 0.3) is 0 Å². The molecule has 1 saturated heterocycles. The highest BCUT2D eigenvalue weighted by Crippen LogP contribution is 1.93. The number of carboxylic acids is 1. The van der Waals surface area contributed by atoms with Gasteiger partial charge in [0.2, 0.25) is 5.91 Å². The number of carboxylic acid groups (broad SMARTS) is 1. The third-order valence-electron chi connectivity index (χ3n) is 2.52. The van der Waals surface area contributed by atoms with Crippen LogP contribution in [0.4, 0.5) is 0 Å². The van der Waals surface area contributed by atoms with Gasteiger partial charge in [-0.1, -0.05) is 6.92 Å². The second kappa shape index (κ2) is 4.95. The Morgan fingerprint density at radius 1 is 1.36 bits per heavy atom. The molecule has 1 fully saturated rings. The number of hydrogen-bond donors (Lipinski definition) is 1. The molecular formula is C9H16N2O3. The fraction of sp³-hybridized carbons (Fsp3) is 0.778. The molecule has 0 bridgehead atoms. The minimum atomic E-state index is -1.02. The Morgan fingerprint density at radius 2 is 1.93 bits per heavy atom. The van der Waals surface area contributed by atoms with Crippen molar-refractivity contribution < 1.29 is 19.6 Å². The summed E-state index contributed by atoms with van der Waals surface area (Å²) < 4.78 is 0. The standard InChI is InChI=1S/C9H16N2O3/c1-2-8(12)11-5-3-10(4-6-11)7-9(13)14/h2-7H2,1H3,(H,13,14). The fourth-order valence-electron chi connectivity index (χ4n) is 1.68. The lowest BCUT2D eigenvalue weighted by molar-refractivity contribution is -0.898. The lowest BCUT2D eigenvalue weighted by Crippen LogP contribution is -3.16. The number of amides is 1. The Morgan fingerprint density at radius 3 is 2.36 bits per heavy atom. The smallest absolute Gasteiger partial charge is 0.222 e. The van der Waals surface area contributed by atoms with Gasteiger partial charge in [-0.3, -0.25) is 4.79 Å². The molecule has 0 aromatic heterocycles. The van der Waals surface area contributed by atoms with Crippen LogP contribution < -0.4 is 10.0 Å². The van der Waals surface area contributed by atoms with Gasteiger partial charge < -0.3 is 19.7 Å². The molecule has 0 aliphatic carbocycles. The molecule has 1 N–H and O–H groups in total. The summed E-state index contributed by atoms with van der Waals surface area (Å²) in [5, 5.41) is 10.3. The van der Waals surface area contributed by atoms with Crippen LogP contribution in [0.15, 0.2) is 0 Å². The number of carbonyl (C=O) groups excluding carboxylic acids is 2. The first-order valence-electron chi connectivity index (χ1n) is 4.94. The number of rotatable bonds is 3. The zero-order chi connectivity index (χ0) is 10.6. The maximum absolute atomic E-state index is 11.3.